The molecule has 0 radical (unpaired) electrons. The fraction of sp³-hybridized carbons (Fsp3) is 0.944. The maximum Gasteiger partial charge on any atom is 0.472 e. The molecule has 540 valence electrons. The second kappa shape index (κ2) is 65.4. The van der Waals surface area contributed by atoms with E-state index in [1.807, 2.05) is 0 Å². The number of rotatable bonds is 72. The first-order valence-electron chi connectivity index (χ1n) is 37.6. The molecule has 0 bridgehead atoms. The average molecular weight is 1340 g/mol. The largest absolute Gasteiger partial charge is 0.472 e. The quantitative estimate of drug-likeness (QED) is 0.0222. The van der Waals surface area contributed by atoms with Gasteiger partial charge in [-0.2, -0.15) is 0 Å². The van der Waals surface area contributed by atoms with Crippen molar-refractivity contribution in [3.63, 3.8) is 0 Å². The van der Waals surface area contributed by atoms with E-state index in [4.69, 9.17) is 37.0 Å². The van der Waals surface area contributed by atoms with E-state index in [0.717, 1.165) is 95.8 Å². The van der Waals surface area contributed by atoms with E-state index in [0.29, 0.717) is 25.7 Å². The van der Waals surface area contributed by atoms with Gasteiger partial charge in [-0.1, -0.05) is 324 Å². The van der Waals surface area contributed by atoms with Crippen molar-refractivity contribution >= 4 is 39.5 Å². The first kappa shape index (κ1) is 89.1. The van der Waals surface area contributed by atoms with Gasteiger partial charge >= 0.3 is 39.5 Å². The third-order valence-corrected chi connectivity index (χ3v) is 18.7. The van der Waals surface area contributed by atoms with E-state index in [-0.39, 0.29) is 25.7 Å². The fourth-order valence-corrected chi connectivity index (χ4v) is 12.6. The summed E-state index contributed by atoms with van der Waals surface area (Å²) in [6.07, 6.45) is 52.5. The number of esters is 4. The third kappa shape index (κ3) is 66.5. The van der Waals surface area contributed by atoms with Gasteiger partial charge in [0.05, 0.1) is 26.4 Å². The number of carbonyl (C=O) groups excluding carboxylic acids is 4. The Morgan fingerprint density at radius 1 is 0.297 bits per heavy atom. The van der Waals surface area contributed by atoms with Crippen LogP contribution in [0.4, 0.5) is 0 Å². The van der Waals surface area contributed by atoms with Crippen LogP contribution in [-0.4, -0.2) is 96.7 Å². The highest BCUT2D eigenvalue weighted by Gasteiger charge is 2.30. The smallest absolute Gasteiger partial charge is 0.462 e. The predicted molar refractivity (Wildman–Crippen MR) is 368 cm³/mol. The van der Waals surface area contributed by atoms with Crippen LogP contribution in [0.1, 0.15) is 375 Å². The van der Waals surface area contributed by atoms with Crippen LogP contribution in [0.25, 0.3) is 0 Å². The Balaban J connectivity index is 5.25. The van der Waals surface area contributed by atoms with Gasteiger partial charge in [0.25, 0.3) is 0 Å². The number of hydrogen-bond donors (Lipinski definition) is 3. The van der Waals surface area contributed by atoms with Crippen molar-refractivity contribution in [2.24, 2.45) is 5.92 Å². The molecule has 0 aromatic carbocycles. The normalized spacial score (nSPS) is 14.0. The van der Waals surface area contributed by atoms with Gasteiger partial charge in [0.15, 0.2) is 12.2 Å². The van der Waals surface area contributed by atoms with Crippen molar-refractivity contribution in [1.82, 2.24) is 0 Å². The van der Waals surface area contributed by atoms with Crippen LogP contribution in [0.3, 0.4) is 0 Å². The summed E-state index contributed by atoms with van der Waals surface area (Å²) in [6, 6.07) is 0. The van der Waals surface area contributed by atoms with Gasteiger partial charge in [0.2, 0.25) is 0 Å². The summed E-state index contributed by atoms with van der Waals surface area (Å²) in [5, 5.41) is 10.6. The zero-order valence-corrected chi connectivity index (χ0v) is 60.8. The van der Waals surface area contributed by atoms with Crippen molar-refractivity contribution < 1.29 is 80.2 Å². The van der Waals surface area contributed by atoms with E-state index >= 15 is 0 Å². The topological polar surface area (TPSA) is 237 Å². The number of aliphatic hydroxyl groups excluding tert-OH is 1. The zero-order valence-electron chi connectivity index (χ0n) is 59.0. The molecule has 0 saturated carbocycles. The molecule has 0 aliphatic heterocycles. The van der Waals surface area contributed by atoms with Gasteiger partial charge in [0, 0.05) is 25.7 Å². The summed E-state index contributed by atoms with van der Waals surface area (Å²) in [7, 11) is -9.90. The van der Waals surface area contributed by atoms with E-state index < -0.39 is 97.5 Å². The lowest BCUT2D eigenvalue weighted by Crippen LogP contribution is -2.30. The van der Waals surface area contributed by atoms with Crippen molar-refractivity contribution in [2.45, 2.75) is 393 Å². The second-order valence-corrected chi connectivity index (χ2v) is 29.4. The van der Waals surface area contributed by atoms with Gasteiger partial charge in [-0.15, -0.1) is 0 Å². The van der Waals surface area contributed by atoms with E-state index in [9.17, 15) is 43.2 Å². The number of ether oxygens (including phenoxy) is 4. The standard InChI is InChI=1S/C72H140O17P2/c1-6-9-12-15-18-21-24-26-27-28-32-38-43-48-53-58-72(77)89-68(62-83-70(75)56-51-46-41-36-33-29-30-34-39-44-49-54-65(4)5)64-87-91(80,81)85-60-66(73)59-84-90(78,79)86-63-67(61-82-69(74)55-50-45-40-35-23-20-17-14-11-8-3)88-71(76)57-52-47-42-37-31-25-22-19-16-13-10-7-2/h65-68,73H,6-64H2,1-5H3,(H,78,79)(H,80,81)/t66-,67+,68+/m0/s1. The van der Waals surface area contributed by atoms with Crippen LogP contribution in [0, 0.1) is 5.92 Å². The van der Waals surface area contributed by atoms with Crippen molar-refractivity contribution in [3.8, 4) is 0 Å². The molecule has 0 aromatic rings. The van der Waals surface area contributed by atoms with Gasteiger partial charge in [-0.3, -0.25) is 37.3 Å². The molecular weight excluding hydrogens is 1200 g/mol. The first-order chi connectivity index (χ1) is 44.0. The van der Waals surface area contributed by atoms with Crippen LogP contribution in [-0.2, 0) is 65.4 Å². The molecule has 0 amide bonds. The van der Waals surface area contributed by atoms with Crippen molar-refractivity contribution in [1.29, 1.82) is 0 Å². The monoisotopic (exact) mass is 1340 g/mol. The third-order valence-electron chi connectivity index (χ3n) is 16.8. The van der Waals surface area contributed by atoms with Gasteiger partial charge in [-0.25, -0.2) is 9.13 Å². The minimum atomic E-state index is -4.95. The average Bonchev–Trinajstić information content (AvgIpc) is 3.68. The molecule has 0 aliphatic carbocycles. The Bertz CT molecular complexity index is 1750. The number of aliphatic hydroxyl groups is 1. The molecule has 0 spiro atoms. The minimum absolute atomic E-state index is 0.108. The summed E-state index contributed by atoms with van der Waals surface area (Å²) in [4.78, 5) is 72.6. The Kier molecular flexibility index (Phi) is 64.0. The molecule has 2 unspecified atom stereocenters. The minimum Gasteiger partial charge on any atom is -0.462 e. The highest BCUT2D eigenvalue weighted by molar-refractivity contribution is 7.47. The van der Waals surface area contributed by atoms with E-state index in [1.54, 1.807) is 0 Å². The first-order valence-corrected chi connectivity index (χ1v) is 40.6. The number of phosphoric ester groups is 2. The maximum atomic E-state index is 13.0. The second-order valence-electron chi connectivity index (χ2n) is 26.5. The lowest BCUT2D eigenvalue weighted by molar-refractivity contribution is -0.161. The summed E-state index contributed by atoms with van der Waals surface area (Å²) < 4.78 is 68.4. The van der Waals surface area contributed by atoms with Crippen molar-refractivity contribution in [2.75, 3.05) is 39.6 Å². The molecular formula is C72H140O17P2. The molecule has 0 fully saturated rings. The Morgan fingerprint density at radius 3 is 0.747 bits per heavy atom. The van der Waals surface area contributed by atoms with E-state index in [2.05, 4.69) is 34.6 Å². The van der Waals surface area contributed by atoms with Gasteiger partial charge in [-0.05, 0) is 31.6 Å². The van der Waals surface area contributed by atoms with Crippen LogP contribution in [0.2, 0.25) is 0 Å². The Labute approximate surface area is 556 Å². The predicted octanol–water partition coefficient (Wildman–Crippen LogP) is 20.9. The number of hydrogen-bond acceptors (Lipinski definition) is 15. The molecule has 3 N–H and O–H groups in total. The SMILES string of the molecule is CCCCCCCCCCCCCCCCCC(=O)O[C@H](COC(=O)CCCCCCCCCCCCCC(C)C)COP(=O)(O)OC[C@@H](O)COP(=O)(O)OC[C@@H](COC(=O)CCCCCCCCCCCC)OC(=O)CCCCCCCCCCCCCC. The van der Waals surface area contributed by atoms with Crippen LogP contribution in [0.5, 0.6) is 0 Å². The molecule has 0 rings (SSSR count). The highest BCUT2D eigenvalue weighted by atomic mass is 31.2. The van der Waals surface area contributed by atoms with Gasteiger partial charge < -0.3 is 33.8 Å². The Morgan fingerprint density at radius 2 is 0.505 bits per heavy atom. The summed E-state index contributed by atoms with van der Waals surface area (Å²) in [5.41, 5.74) is 0. The van der Waals surface area contributed by atoms with Crippen LogP contribution < -0.4 is 0 Å². The van der Waals surface area contributed by atoms with Crippen molar-refractivity contribution in [3.05, 3.63) is 0 Å². The molecule has 0 saturated heterocycles. The molecule has 17 nitrogen and oxygen atoms in total. The molecule has 0 aromatic heterocycles. The van der Waals surface area contributed by atoms with Crippen LogP contribution >= 0.6 is 15.6 Å². The maximum absolute atomic E-state index is 13.0. The number of carbonyl (C=O) groups is 4. The molecule has 0 heterocycles. The number of phosphoric acid groups is 2. The molecule has 19 heteroatoms. The van der Waals surface area contributed by atoms with E-state index in [1.165, 1.54) is 199 Å². The molecule has 0 aliphatic rings. The molecule has 5 atom stereocenters. The Hall–Kier alpha value is -1.94. The summed E-state index contributed by atoms with van der Waals surface area (Å²) in [6.45, 7) is 7.27. The summed E-state index contributed by atoms with van der Waals surface area (Å²) >= 11 is 0. The summed E-state index contributed by atoms with van der Waals surface area (Å²) in [5.74, 6) is -1.35. The number of unbranched alkanes of at least 4 members (excludes halogenated alkanes) is 44. The zero-order chi connectivity index (χ0) is 67.0. The fourth-order valence-electron chi connectivity index (χ4n) is 11.0. The van der Waals surface area contributed by atoms with Crippen LogP contribution in [0.15, 0.2) is 0 Å². The highest BCUT2D eigenvalue weighted by Crippen LogP contribution is 2.45. The lowest BCUT2D eigenvalue weighted by atomic mass is 10.0. The lowest BCUT2D eigenvalue weighted by Gasteiger charge is -2.21. The van der Waals surface area contributed by atoms with Gasteiger partial charge in [0.1, 0.15) is 19.3 Å². The molecule has 91 heavy (non-hydrogen) atoms.